The second-order valence-corrected chi connectivity index (χ2v) is 6.77. The van der Waals surface area contributed by atoms with E-state index < -0.39 is 0 Å². The monoisotopic (exact) mass is 367 g/mol. The van der Waals surface area contributed by atoms with Gasteiger partial charge in [0.15, 0.2) is 0 Å². The van der Waals surface area contributed by atoms with E-state index in [0.717, 1.165) is 30.7 Å². The Morgan fingerprint density at radius 3 is 2.67 bits per heavy atom. The molecular weight excluding hydrogens is 342 g/mol. The zero-order valence-corrected chi connectivity index (χ0v) is 15.7. The van der Waals surface area contributed by atoms with Gasteiger partial charge in [-0.15, -0.1) is 0 Å². The molecule has 142 valence electrons. The molecule has 1 aliphatic heterocycles. The fraction of sp³-hybridized carbons (Fsp3) is 0.333. The van der Waals surface area contributed by atoms with Crippen LogP contribution in [0.2, 0.25) is 0 Å². The molecule has 0 bridgehead atoms. The Bertz CT molecular complexity index is 863. The summed E-state index contributed by atoms with van der Waals surface area (Å²) in [6, 6.07) is 12.6. The number of nitrogens with one attached hydrogen (secondary N) is 1. The molecule has 0 spiro atoms. The van der Waals surface area contributed by atoms with E-state index in [9.17, 15) is 9.59 Å². The van der Waals surface area contributed by atoms with Crippen LogP contribution in [0.4, 0.5) is 5.69 Å². The van der Waals surface area contributed by atoms with Crippen molar-refractivity contribution in [3.05, 3.63) is 64.6 Å². The van der Waals surface area contributed by atoms with Crippen LogP contribution in [0.25, 0.3) is 11.8 Å². The molecule has 1 aliphatic rings. The van der Waals surface area contributed by atoms with Crippen LogP contribution in [0.1, 0.15) is 18.4 Å². The molecule has 1 amide bonds. The highest BCUT2D eigenvalue weighted by atomic mass is 16.5. The van der Waals surface area contributed by atoms with Gasteiger partial charge in [-0.05, 0) is 42.7 Å². The molecule has 3 rings (SSSR count). The number of aromatic nitrogens is 1. The van der Waals surface area contributed by atoms with E-state index in [1.54, 1.807) is 24.4 Å². The number of rotatable bonds is 6. The maximum absolute atomic E-state index is 12.8. The van der Waals surface area contributed by atoms with Crippen molar-refractivity contribution in [1.29, 1.82) is 0 Å². The highest BCUT2D eigenvalue weighted by Crippen LogP contribution is 2.16. The molecule has 6 nitrogen and oxygen atoms in total. The number of nitrogens with zero attached hydrogens (tertiary/aromatic N) is 2. The van der Waals surface area contributed by atoms with Gasteiger partial charge in [-0.2, -0.15) is 0 Å². The standard InChI is InChI=1S/C21H25N3O3/c1-23(2)17-10-8-16(9-11-17)14-19(24-12-4-3-7-20(24)25)21(26)22-15-18-6-5-13-27-18/h3-4,7-12,14,18H,5-6,13,15H2,1-2H3,(H,22,26)/b19-14+/t18-/m1/s1. The average Bonchev–Trinajstić information content (AvgIpc) is 3.19. The van der Waals surface area contributed by atoms with Gasteiger partial charge in [0, 0.05) is 45.2 Å². The van der Waals surface area contributed by atoms with Crippen molar-refractivity contribution in [2.45, 2.75) is 18.9 Å². The van der Waals surface area contributed by atoms with Crippen molar-refractivity contribution in [2.75, 3.05) is 32.1 Å². The van der Waals surface area contributed by atoms with Crippen molar-refractivity contribution < 1.29 is 9.53 Å². The fourth-order valence-corrected chi connectivity index (χ4v) is 3.00. The second kappa shape index (κ2) is 8.68. The largest absolute Gasteiger partial charge is 0.378 e. The third-order valence-corrected chi connectivity index (χ3v) is 4.54. The second-order valence-electron chi connectivity index (χ2n) is 6.77. The van der Waals surface area contributed by atoms with Crippen LogP contribution in [0.5, 0.6) is 0 Å². The van der Waals surface area contributed by atoms with Gasteiger partial charge in [-0.3, -0.25) is 14.2 Å². The number of hydrogen-bond donors (Lipinski definition) is 1. The van der Waals surface area contributed by atoms with Gasteiger partial charge < -0.3 is 15.0 Å². The Morgan fingerprint density at radius 1 is 1.26 bits per heavy atom. The quantitative estimate of drug-likeness (QED) is 0.795. The molecule has 1 fully saturated rings. The summed E-state index contributed by atoms with van der Waals surface area (Å²) < 4.78 is 6.92. The molecule has 1 aromatic heterocycles. The highest BCUT2D eigenvalue weighted by molar-refractivity contribution is 6.18. The lowest BCUT2D eigenvalue weighted by Crippen LogP contribution is -2.35. The molecule has 27 heavy (non-hydrogen) atoms. The SMILES string of the molecule is CN(C)c1ccc(/C=C(\C(=O)NC[C@H]2CCCO2)n2ccccc2=O)cc1. The lowest BCUT2D eigenvalue weighted by molar-refractivity contribution is -0.116. The Kier molecular flexibility index (Phi) is 6.08. The number of carbonyl (C=O) groups excluding carboxylic acids is 1. The molecule has 1 aromatic carbocycles. The number of carbonyl (C=O) groups is 1. The molecule has 0 radical (unpaired) electrons. The molecular formula is C21H25N3O3. The normalized spacial score (nSPS) is 17.0. The molecule has 0 aliphatic carbocycles. The van der Waals surface area contributed by atoms with Crippen LogP contribution in [0, 0.1) is 0 Å². The van der Waals surface area contributed by atoms with E-state index in [-0.39, 0.29) is 23.3 Å². The molecule has 6 heteroatoms. The third-order valence-electron chi connectivity index (χ3n) is 4.54. The van der Waals surface area contributed by atoms with Gasteiger partial charge in [0.25, 0.3) is 11.5 Å². The summed E-state index contributed by atoms with van der Waals surface area (Å²) >= 11 is 0. The van der Waals surface area contributed by atoms with Crippen LogP contribution in [-0.2, 0) is 9.53 Å². The van der Waals surface area contributed by atoms with Gasteiger partial charge in [-0.1, -0.05) is 18.2 Å². The third kappa shape index (κ3) is 4.86. The first-order valence-electron chi connectivity index (χ1n) is 9.11. The summed E-state index contributed by atoms with van der Waals surface area (Å²) in [7, 11) is 3.94. The van der Waals surface area contributed by atoms with E-state index >= 15 is 0 Å². The van der Waals surface area contributed by atoms with Crippen LogP contribution in [0.3, 0.4) is 0 Å². The smallest absolute Gasteiger partial charge is 0.268 e. The number of benzene rings is 1. The molecule has 1 N–H and O–H groups in total. The fourth-order valence-electron chi connectivity index (χ4n) is 3.00. The summed E-state index contributed by atoms with van der Waals surface area (Å²) in [5, 5.41) is 2.90. The van der Waals surface area contributed by atoms with Gasteiger partial charge in [0.2, 0.25) is 0 Å². The molecule has 0 saturated carbocycles. The molecule has 2 heterocycles. The lowest BCUT2D eigenvalue weighted by Gasteiger charge is -2.15. The van der Waals surface area contributed by atoms with Gasteiger partial charge >= 0.3 is 0 Å². The number of anilines is 1. The maximum Gasteiger partial charge on any atom is 0.268 e. The van der Waals surface area contributed by atoms with E-state index in [1.807, 2.05) is 43.3 Å². The molecule has 2 aromatic rings. The van der Waals surface area contributed by atoms with Crippen molar-refractivity contribution >= 4 is 23.4 Å². The zero-order chi connectivity index (χ0) is 19.2. The van der Waals surface area contributed by atoms with Gasteiger partial charge in [0.1, 0.15) is 5.70 Å². The summed E-state index contributed by atoms with van der Waals surface area (Å²) in [5.41, 5.74) is 1.95. The van der Waals surface area contributed by atoms with E-state index in [2.05, 4.69) is 5.32 Å². The predicted octanol–water partition coefficient (Wildman–Crippen LogP) is 2.21. The minimum absolute atomic E-state index is 0.0436. The van der Waals surface area contributed by atoms with Crippen LogP contribution >= 0.6 is 0 Å². The van der Waals surface area contributed by atoms with Crippen LogP contribution in [-0.4, -0.2) is 43.8 Å². The van der Waals surface area contributed by atoms with Crippen LogP contribution in [0.15, 0.2) is 53.5 Å². The molecule has 1 saturated heterocycles. The first kappa shape index (κ1) is 18.9. The Hall–Kier alpha value is -2.86. The maximum atomic E-state index is 12.8. The molecule has 0 unspecified atom stereocenters. The predicted molar refractivity (Wildman–Crippen MR) is 108 cm³/mol. The number of hydrogen-bond acceptors (Lipinski definition) is 4. The number of amides is 1. The van der Waals surface area contributed by atoms with E-state index in [0.29, 0.717) is 6.54 Å². The van der Waals surface area contributed by atoms with Crippen molar-refractivity contribution in [1.82, 2.24) is 9.88 Å². The van der Waals surface area contributed by atoms with Gasteiger partial charge in [0.05, 0.1) is 6.10 Å². The summed E-state index contributed by atoms with van der Waals surface area (Å²) in [6.45, 7) is 1.18. The Morgan fingerprint density at radius 2 is 2.04 bits per heavy atom. The summed E-state index contributed by atoms with van der Waals surface area (Å²) in [5.74, 6) is -0.296. The Balaban J connectivity index is 1.88. The van der Waals surface area contributed by atoms with Crippen molar-refractivity contribution in [3.63, 3.8) is 0 Å². The minimum atomic E-state index is -0.296. The van der Waals surface area contributed by atoms with E-state index in [4.69, 9.17) is 4.74 Å². The summed E-state index contributed by atoms with van der Waals surface area (Å²) in [6.07, 6.45) is 5.33. The summed E-state index contributed by atoms with van der Waals surface area (Å²) in [4.78, 5) is 27.1. The molecule has 1 atom stereocenters. The van der Waals surface area contributed by atoms with E-state index in [1.165, 1.54) is 10.6 Å². The lowest BCUT2D eigenvalue weighted by atomic mass is 10.1. The first-order valence-corrected chi connectivity index (χ1v) is 9.11. The van der Waals surface area contributed by atoms with Crippen LogP contribution < -0.4 is 15.8 Å². The average molecular weight is 367 g/mol. The number of ether oxygens (including phenoxy) is 1. The van der Waals surface area contributed by atoms with Gasteiger partial charge in [-0.25, -0.2) is 0 Å². The minimum Gasteiger partial charge on any atom is -0.378 e. The number of pyridine rings is 1. The Labute approximate surface area is 159 Å². The zero-order valence-electron chi connectivity index (χ0n) is 15.7. The first-order chi connectivity index (χ1) is 13.0. The highest BCUT2D eigenvalue weighted by Gasteiger charge is 2.19. The van der Waals surface area contributed by atoms with Crippen molar-refractivity contribution in [2.24, 2.45) is 0 Å². The van der Waals surface area contributed by atoms with Crippen molar-refractivity contribution in [3.8, 4) is 0 Å². The topological polar surface area (TPSA) is 63.6 Å².